The monoisotopic (exact) mass is 439 g/mol. The summed E-state index contributed by atoms with van der Waals surface area (Å²) in [6.45, 7) is 3.90. The number of carbonyl (C=O) groups excluding carboxylic acids is 1. The molecule has 0 unspecified atom stereocenters. The second-order valence-corrected chi connectivity index (χ2v) is 7.80. The van der Waals surface area contributed by atoms with Gasteiger partial charge in [0.2, 0.25) is 5.91 Å². The molecule has 1 amide bonds. The molecule has 0 spiro atoms. The molecule has 0 aliphatic carbocycles. The summed E-state index contributed by atoms with van der Waals surface area (Å²) in [7, 11) is 0. The van der Waals surface area contributed by atoms with Gasteiger partial charge in [-0.2, -0.15) is 18.3 Å². The zero-order valence-corrected chi connectivity index (χ0v) is 17.0. The van der Waals surface area contributed by atoms with Gasteiger partial charge in [-0.25, -0.2) is 0 Å². The van der Waals surface area contributed by atoms with E-state index in [1.165, 1.54) is 0 Å². The van der Waals surface area contributed by atoms with E-state index in [0.29, 0.717) is 45.1 Å². The van der Waals surface area contributed by atoms with Crippen molar-refractivity contribution in [2.75, 3.05) is 24.5 Å². The molecule has 168 valence electrons. The number of anilines is 1. The molecule has 2 heterocycles. The first-order valence-electron chi connectivity index (χ1n) is 10.0. The average Bonchev–Trinajstić information content (AvgIpc) is 3.24. The van der Waals surface area contributed by atoms with Crippen LogP contribution in [0.15, 0.2) is 36.7 Å². The van der Waals surface area contributed by atoms with Crippen molar-refractivity contribution in [2.24, 2.45) is 11.8 Å². The molecule has 3 rings (SSSR count). The molecule has 31 heavy (non-hydrogen) atoms. The van der Waals surface area contributed by atoms with Gasteiger partial charge in [0.15, 0.2) is 0 Å². The molecule has 1 aromatic heterocycles. The summed E-state index contributed by atoms with van der Waals surface area (Å²) in [5, 5.41) is 18.4. The van der Waals surface area contributed by atoms with E-state index in [9.17, 15) is 28.1 Å². The van der Waals surface area contributed by atoms with Gasteiger partial charge in [-0.1, -0.05) is 6.92 Å². The largest absolute Gasteiger partial charge is 0.416 e. The number of hydrogen-bond acceptors (Lipinski definition) is 5. The highest BCUT2D eigenvalue weighted by Crippen LogP contribution is 2.37. The fraction of sp³-hybridized carbons (Fsp3) is 0.500. The molecule has 1 aliphatic rings. The first-order valence-corrected chi connectivity index (χ1v) is 10.0. The first-order chi connectivity index (χ1) is 14.6. The van der Waals surface area contributed by atoms with Gasteiger partial charge in [-0.3, -0.25) is 19.6 Å². The maximum Gasteiger partial charge on any atom is 0.416 e. The van der Waals surface area contributed by atoms with Crippen molar-refractivity contribution in [1.82, 2.24) is 15.1 Å². The molecule has 0 saturated carbocycles. The topological polar surface area (TPSA) is 93.3 Å². The van der Waals surface area contributed by atoms with Crippen molar-refractivity contribution < 1.29 is 22.9 Å². The van der Waals surface area contributed by atoms with Crippen molar-refractivity contribution in [3.63, 3.8) is 0 Å². The molecule has 2 aromatic rings. The van der Waals surface area contributed by atoms with E-state index in [4.69, 9.17) is 0 Å². The van der Waals surface area contributed by atoms with Gasteiger partial charge in [-0.05, 0) is 37.0 Å². The number of piperidine rings is 1. The van der Waals surface area contributed by atoms with E-state index >= 15 is 0 Å². The molecule has 1 atom stereocenters. The molecule has 1 aliphatic heterocycles. The Bertz CT molecular complexity index is 909. The van der Waals surface area contributed by atoms with Crippen molar-refractivity contribution in [3.05, 3.63) is 52.3 Å². The Morgan fingerprint density at radius 1 is 1.35 bits per heavy atom. The maximum atomic E-state index is 12.9. The lowest BCUT2D eigenvalue weighted by atomic mass is 9.95. The molecule has 0 radical (unpaired) electrons. The second kappa shape index (κ2) is 9.36. The van der Waals surface area contributed by atoms with Gasteiger partial charge in [0, 0.05) is 50.6 Å². The molecule has 1 fully saturated rings. The fourth-order valence-electron chi connectivity index (χ4n) is 3.71. The fourth-order valence-corrected chi connectivity index (χ4v) is 3.71. The lowest BCUT2D eigenvalue weighted by Crippen LogP contribution is -2.42. The SMILES string of the molecule is C[C@@H](CNC(=O)C1CCN(c2ccc(C(F)(F)F)cc2[N+](=O)[O-])CC1)Cn1cccn1. The maximum absolute atomic E-state index is 12.9. The highest BCUT2D eigenvalue weighted by atomic mass is 19.4. The molecule has 0 bridgehead atoms. The van der Waals surface area contributed by atoms with Crippen molar-refractivity contribution in [2.45, 2.75) is 32.5 Å². The first kappa shape index (κ1) is 22.6. The Morgan fingerprint density at radius 3 is 2.65 bits per heavy atom. The molecule has 1 aromatic carbocycles. The van der Waals surface area contributed by atoms with E-state index in [2.05, 4.69) is 10.4 Å². The number of halogens is 3. The molecular formula is C20H24F3N5O3. The number of alkyl halides is 3. The molecule has 1 saturated heterocycles. The van der Waals surface area contributed by atoms with Gasteiger partial charge in [0.25, 0.3) is 5.69 Å². The van der Waals surface area contributed by atoms with Gasteiger partial charge in [-0.15, -0.1) is 0 Å². The summed E-state index contributed by atoms with van der Waals surface area (Å²) in [5.74, 6) is -0.116. The van der Waals surface area contributed by atoms with Crippen molar-refractivity contribution in [3.8, 4) is 0 Å². The lowest BCUT2D eigenvalue weighted by Gasteiger charge is -2.33. The highest BCUT2D eigenvalue weighted by Gasteiger charge is 2.34. The smallest absolute Gasteiger partial charge is 0.366 e. The minimum atomic E-state index is -4.65. The van der Waals surface area contributed by atoms with Gasteiger partial charge >= 0.3 is 6.18 Å². The molecule has 11 heteroatoms. The van der Waals surface area contributed by atoms with Crippen LogP contribution < -0.4 is 10.2 Å². The number of nitro groups is 1. The van der Waals surface area contributed by atoms with Crippen LogP contribution in [0.5, 0.6) is 0 Å². The highest BCUT2D eigenvalue weighted by molar-refractivity contribution is 5.79. The summed E-state index contributed by atoms with van der Waals surface area (Å²) in [6, 6.07) is 4.38. The number of nitrogens with zero attached hydrogens (tertiary/aromatic N) is 4. The number of carbonyl (C=O) groups is 1. The lowest BCUT2D eigenvalue weighted by molar-refractivity contribution is -0.384. The van der Waals surface area contributed by atoms with Gasteiger partial charge in [0.1, 0.15) is 5.69 Å². The van der Waals surface area contributed by atoms with Crippen molar-refractivity contribution in [1.29, 1.82) is 0 Å². The van der Waals surface area contributed by atoms with E-state index in [1.807, 2.05) is 19.2 Å². The predicted octanol–water partition coefficient (Wildman–Crippen LogP) is 3.48. The summed E-state index contributed by atoms with van der Waals surface area (Å²) in [6.07, 6.45) is -0.160. The van der Waals surface area contributed by atoms with Crippen LogP contribution in [0.25, 0.3) is 0 Å². The molecule has 8 nitrogen and oxygen atoms in total. The number of aromatic nitrogens is 2. The number of nitro benzene ring substituents is 1. The van der Waals surface area contributed by atoms with E-state index in [-0.39, 0.29) is 23.4 Å². The molecular weight excluding hydrogens is 415 g/mol. The van der Waals surface area contributed by atoms with Crippen LogP contribution in [0.2, 0.25) is 0 Å². The zero-order valence-electron chi connectivity index (χ0n) is 17.0. The normalized spacial score (nSPS) is 16.2. The predicted molar refractivity (Wildman–Crippen MR) is 107 cm³/mol. The third-order valence-corrected chi connectivity index (χ3v) is 5.39. The van der Waals surface area contributed by atoms with E-state index in [0.717, 1.165) is 12.1 Å². The molecule has 1 N–H and O–H groups in total. The Balaban J connectivity index is 1.55. The summed E-state index contributed by atoms with van der Waals surface area (Å²) < 4.78 is 40.5. The third kappa shape index (κ3) is 5.74. The van der Waals surface area contributed by atoms with Crippen LogP contribution >= 0.6 is 0 Å². The van der Waals surface area contributed by atoms with Gasteiger partial charge in [0.05, 0.1) is 10.5 Å². The van der Waals surface area contributed by atoms with Crippen LogP contribution in [-0.2, 0) is 17.5 Å². The third-order valence-electron chi connectivity index (χ3n) is 5.39. The summed E-state index contributed by atoms with van der Waals surface area (Å²) in [4.78, 5) is 24.7. The Morgan fingerprint density at radius 2 is 2.06 bits per heavy atom. The number of hydrogen-bond donors (Lipinski definition) is 1. The Labute approximate surface area is 177 Å². The number of rotatable bonds is 7. The van der Waals surface area contributed by atoms with E-state index < -0.39 is 22.4 Å². The van der Waals surface area contributed by atoms with Crippen LogP contribution in [0.1, 0.15) is 25.3 Å². The Hall–Kier alpha value is -3.11. The summed E-state index contributed by atoms with van der Waals surface area (Å²) >= 11 is 0. The van der Waals surface area contributed by atoms with Gasteiger partial charge < -0.3 is 10.2 Å². The van der Waals surface area contributed by atoms with E-state index in [1.54, 1.807) is 15.8 Å². The number of nitrogens with one attached hydrogen (secondary N) is 1. The van der Waals surface area contributed by atoms with Crippen LogP contribution in [0.4, 0.5) is 24.5 Å². The standard InChI is InChI=1S/C20H24F3N5O3/c1-14(13-27-8-2-7-25-27)12-24-19(29)15-5-9-26(10-6-15)17-4-3-16(20(21,22)23)11-18(17)28(30)31/h2-4,7-8,11,14-15H,5-6,9-10,12-13H2,1H3,(H,24,29)/t14-/m0/s1. The average molecular weight is 439 g/mol. The second-order valence-electron chi connectivity index (χ2n) is 7.80. The minimum absolute atomic E-state index is 0.0751. The van der Waals surface area contributed by atoms with Crippen molar-refractivity contribution >= 4 is 17.3 Å². The quantitative estimate of drug-likeness (QED) is 0.527. The van der Waals surface area contributed by atoms with Crippen LogP contribution in [0.3, 0.4) is 0 Å². The number of amides is 1. The van der Waals surface area contributed by atoms with Crippen LogP contribution in [0, 0.1) is 22.0 Å². The van der Waals surface area contributed by atoms with Crippen LogP contribution in [-0.4, -0.2) is 40.2 Å². The summed E-state index contributed by atoms with van der Waals surface area (Å²) in [5.41, 5.74) is -1.49. The zero-order chi connectivity index (χ0) is 22.6. The minimum Gasteiger partial charge on any atom is -0.366 e. The number of benzene rings is 1. The Kier molecular flexibility index (Phi) is 6.81.